The molecule has 7 heteroatoms. The minimum atomic E-state index is -0.940. The molecule has 2 rings (SSSR count). The highest BCUT2D eigenvalue weighted by molar-refractivity contribution is 7.99. The largest absolute Gasteiger partial charge is 0.480 e. The SMILES string of the molecule is O=C(O)CN(C(=O)NCCN1CCSCC1)C1CCCC1. The maximum absolute atomic E-state index is 12.2. The summed E-state index contributed by atoms with van der Waals surface area (Å²) in [5, 5.41) is 11.9. The first-order valence-electron chi connectivity index (χ1n) is 7.73. The zero-order valence-corrected chi connectivity index (χ0v) is 13.2. The summed E-state index contributed by atoms with van der Waals surface area (Å²) in [6.07, 6.45) is 4.01. The van der Waals surface area contributed by atoms with Crippen molar-refractivity contribution in [3.05, 3.63) is 0 Å². The van der Waals surface area contributed by atoms with Crippen LogP contribution in [0.1, 0.15) is 25.7 Å². The van der Waals surface area contributed by atoms with Gasteiger partial charge in [-0.1, -0.05) is 12.8 Å². The van der Waals surface area contributed by atoms with Crippen molar-refractivity contribution in [1.82, 2.24) is 15.1 Å². The van der Waals surface area contributed by atoms with Crippen molar-refractivity contribution in [2.75, 3.05) is 44.2 Å². The van der Waals surface area contributed by atoms with Crippen LogP contribution in [-0.4, -0.2) is 77.2 Å². The number of amides is 2. The second-order valence-electron chi connectivity index (χ2n) is 5.65. The number of urea groups is 1. The van der Waals surface area contributed by atoms with E-state index < -0.39 is 5.97 Å². The first-order chi connectivity index (χ1) is 10.2. The fourth-order valence-electron chi connectivity index (χ4n) is 2.98. The molecule has 0 radical (unpaired) electrons. The predicted octanol–water partition coefficient (Wildman–Crippen LogP) is 1.07. The van der Waals surface area contributed by atoms with Crippen LogP contribution in [0.25, 0.3) is 0 Å². The highest BCUT2D eigenvalue weighted by Crippen LogP contribution is 2.23. The summed E-state index contributed by atoms with van der Waals surface area (Å²) >= 11 is 1.96. The van der Waals surface area contributed by atoms with Crippen LogP contribution in [0.5, 0.6) is 0 Å². The van der Waals surface area contributed by atoms with Gasteiger partial charge in [0.2, 0.25) is 0 Å². The molecular formula is C14H25N3O3S. The average molecular weight is 315 g/mol. The second kappa shape index (κ2) is 8.48. The van der Waals surface area contributed by atoms with Gasteiger partial charge in [0, 0.05) is 43.7 Å². The number of carbonyl (C=O) groups is 2. The Balaban J connectivity index is 1.75. The van der Waals surface area contributed by atoms with Crippen molar-refractivity contribution in [1.29, 1.82) is 0 Å². The first kappa shape index (κ1) is 16.4. The molecule has 6 nitrogen and oxygen atoms in total. The van der Waals surface area contributed by atoms with Gasteiger partial charge < -0.3 is 15.3 Å². The number of rotatable bonds is 6. The third-order valence-corrected chi connectivity index (χ3v) is 5.08. The van der Waals surface area contributed by atoms with E-state index in [0.717, 1.165) is 56.8 Å². The lowest BCUT2D eigenvalue weighted by Crippen LogP contribution is -2.49. The standard InChI is InChI=1S/C14H25N3O3S/c18-13(19)11-17(12-3-1-2-4-12)14(20)15-5-6-16-7-9-21-10-8-16/h12H,1-11H2,(H,15,20)(H,18,19). The van der Waals surface area contributed by atoms with Crippen molar-refractivity contribution in [3.8, 4) is 0 Å². The van der Waals surface area contributed by atoms with Crippen molar-refractivity contribution >= 4 is 23.8 Å². The molecule has 1 heterocycles. The highest BCUT2D eigenvalue weighted by Gasteiger charge is 2.28. The molecule has 1 saturated heterocycles. The molecular weight excluding hydrogens is 290 g/mol. The maximum Gasteiger partial charge on any atom is 0.323 e. The summed E-state index contributed by atoms with van der Waals surface area (Å²) in [5.41, 5.74) is 0. The molecule has 0 atom stereocenters. The highest BCUT2D eigenvalue weighted by atomic mass is 32.2. The number of aliphatic carboxylic acids is 1. The Morgan fingerprint density at radius 2 is 1.90 bits per heavy atom. The van der Waals surface area contributed by atoms with Crippen LogP contribution in [0.3, 0.4) is 0 Å². The van der Waals surface area contributed by atoms with Crippen molar-refractivity contribution in [2.45, 2.75) is 31.7 Å². The molecule has 0 bridgehead atoms. The molecule has 2 aliphatic rings. The summed E-state index contributed by atoms with van der Waals surface area (Å²) in [5.74, 6) is 1.37. The van der Waals surface area contributed by atoms with E-state index in [1.807, 2.05) is 11.8 Å². The van der Waals surface area contributed by atoms with E-state index in [0.29, 0.717) is 6.54 Å². The third kappa shape index (κ3) is 5.39. The van der Waals surface area contributed by atoms with E-state index in [1.165, 1.54) is 4.90 Å². The first-order valence-corrected chi connectivity index (χ1v) is 8.88. The van der Waals surface area contributed by atoms with Gasteiger partial charge in [-0.2, -0.15) is 11.8 Å². The van der Waals surface area contributed by atoms with E-state index in [4.69, 9.17) is 5.11 Å². The normalized spacial score (nSPS) is 20.4. The molecule has 0 aromatic heterocycles. The lowest BCUT2D eigenvalue weighted by Gasteiger charge is -2.29. The van der Waals surface area contributed by atoms with Crippen LogP contribution in [0.4, 0.5) is 4.79 Å². The summed E-state index contributed by atoms with van der Waals surface area (Å²) in [4.78, 5) is 27.0. The van der Waals surface area contributed by atoms with E-state index in [2.05, 4.69) is 10.2 Å². The Bertz CT molecular complexity index is 355. The summed E-state index contributed by atoms with van der Waals surface area (Å²) in [6.45, 7) is 3.38. The smallest absolute Gasteiger partial charge is 0.323 e. The van der Waals surface area contributed by atoms with Gasteiger partial charge in [0.05, 0.1) is 0 Å². The molecule has 120 valence electrons. The van der Waals surface area contributed by atoms with Crippen molar-refractivity contribution in [2.24, 2.45) is 0 Å². The lowest BCUT2D eigenvalue weighted by atomic mass is 10.2. The Kier molecular flexibility index (Phi) is 6.63. The number of thioether (sulfide) groups is 1. The van der Waals surface area contributed by atoms with Gasteiger partial charge >= 0.3 is 12.0 Å². The Morgan fingerprint density at radius 1 is 1.24 bits per heavy atom. The second-order valence-corrected chi connectivity index (χ2v) is 6.87. The Hall–Kier alpha value is -0.950. The van der Waals surface area contributed by atoms with E-state index in [-0.39, 0.29) is 18.6 Å². The number of hydrogen-bond acceptors (Lipinski definition) is 4. The van der Waals surface area contributed by atoms with Crippen LogP contribution in [0.2, 0.25) is 0 Å². The number of nitrogens with one attached hydrogen (secondary N) is 1. The predicted molar refractivity (Wildman–Crippen MR) is 83.8 cm³/mol. The Morgan fingerprint density at radius 3 is 2.52 bits per heavy atom. The lowest BCUT2D eigenvalue weighted by molar-refractivity contribution is -0.138. The molecule has 2 N–H and O–H groups in total. The topological polar surface area (TPSA) is 72.9 Å². The molecule has 0 spiro atoms. The number of carboxylic acid groups (broad SMARTS) is 1. The van der Waals surface area contributed by atoms with Gasteiger partial charge in [-0.15, -0.1) is 0 Å². The molecule has 0 aromatic rings. The Labute approximate surface area is 130 Å². The zero-order valence-electron chi connectivity index (χ0n) is 12.4. The summed E-state index contributed by atoms with van der Waals surface area (Å²) in [7, 11) is 0. The van der Waals surface area contributed by atoms with Gasteiger partial charge in [0.15, 0.2) is 0 Å². The molecule has 0 unspecified atom stereocenters. The quantitative estimate of drug-likeness (QED) is 0.767. The van der Waals surface area contributed by atoms with Crippen LogP contribution in [0.15, 0.2) is 0 Å². The zero-order chi connectivity index (χ0) is 15.1. The number of carboxylic acids is 1. The molecule has 0 aromatic carbocycles. The number of nitrogens with zero attached hydrogens (tertiary/aromatic N) is 2. The maximum atomic E-state index is 12.2. The number of hydrogen-bond donors (Lipinski definition) is 2. The molecule has 2 amide bonds. The van der Waals surface area contributed by atoms with Crippen molar-refractivity contribution in [3.63, 3.8) is 0 Å². The minimum absolute atomic E-state index is 0.0903. The molecule has 2 fully saturated rings. The average Bonchev–Trinajstić information content (AvgIpc) is 2.99. The molecule has 21 heavy (non-hydrogen) atoms. The van der Waals surface area contributed by atoms with Crippen LogP contribution >= 0.6 is 11.8 Å². The third-order valence-electron chi connectivity index (χ3n) is 4.14. The van der Waals surface area contributed by atoms with E-state index in [1.54, 1.807) is 0 Å². The van der Waals surface area contributed by atoms with Gasteiger partial charge in [0.1, 0.15) is 6.54 Å². The van der Waals surface area contributed by atoms with Gasteiger partial charge in [-0.05, 0) is 12.8 Å². The minimum Gasteiger partial charge on any atom is -0.480 e. The fourth-order valence-corrected chi connectivity index (χ4v) is 3.95. The van der Waals surface area contributed by atoms with Gasteiger partial charge in [0.25, 0.3) is 0 Å². The molecule has 1 aliphatic heterocycles. The monoisotopic (exact) mass is 315 g/mol. The summed E-state index contributed by atoms with van der Waals surface area (Å²) < 4.78 is 0. The van der Waals surface area contributed by atoms with Crippen LogP contribution in [0, 0.1) is 0 Å². The van der Waals surface area contributed by atoms with E-state index >= 15 is 0 Å². The van der Waals surface area contributed by atoms with Gasteiger partial charge in [-0.25, -0.2) is 4.79 Å². The molecule has 1 aliphatic carbocycles. The van der Waals surface area contributed by atoms with Crippen LogP contribution < -0.4 is 5.32 Å². The van der Waals surface area contributed by atoms with Gasteiger partial charge in [-0.3, -0.25) is 9.69 Å². The van der Waals surface area contributed by atoms with Crippen LogP contribution in [-0.2, 0) is 4.79 Å². The van der Waals surface area contributed by atoms with Crippen molar-refractivity contribution < 1.29 is 14.7 Å². The molecule has 1 saturated carbocycles. The number of carbonyl (C=O) groups excluding carboxylic acids is 1. The summed E-state index contributed by atoms with van der Waals surface area (Å²) in [6, 6.07) is -0.136. The van der Waals surface area contributed by atoms with E-state index in [9.17, 15) is 9.59 Å². The fraction of sp³-hybridized carbons (Fsp3) is 0.857.